The molecule has 2 rings (SSSR count). The number of aromatic carboxylic acids is 1. The normalized spacial score (nSPS) is 10.2. The Morgan fingerprint density at radius 3 is 2.53 bits per heavy atom. The first-order valence-corrected chi connectivity index (χ1v) is 4.80. The number of rotatable bonds is 3. The molecule has 6 nitrogen and oxygen atoms in total. The van der Waals surface area contributed by atoms with Crippen LogP contribution < -0.4 is 4.74 Å². The molecule has 2 aromatic rings. The number of aromatic nitrogens is 2. The average molecular weight is 234 g/mol. The van der Waals surface area contributed by atoms with Crippen LogP contribution in [0.3, 0.4) is 0 Å². The van der Waals surface area contributed by atoms with Gasteiger partial charge in [0.25, 0.3) is 0 Å². The van der Waals surface area contributed by atoms with Gasteiger partial charge in [-0.15, -0.1) is 0 Å². The summed E-state index contributed by atoms with van der Waals surface area (Å²) in [5.41, 5.74) is -0.0821. The topological polar surface area (TPSA) is 84.6 Å². The van der Waals surface area contributed by atoms with Crippen molar-refractivity contribution in [3.8, 4) is 17.4 Å². The van der Waals surface area contributed by atoms with E-state index in [2.05, 4.69) is 5.10 Å². The summed E-state index contributed by atoms with van der Waals surface area (Å²) in [4.78, 5) is 10.7. The van der Waals surface area contributed by atoms with E-state index in [1.54, 1.807) is 19.2 Å². The molecule has 2 N–H and O–H groups in total. The highest BCUT2D eigenvalue weighted by Gasteiger charge is 2.12. The number of hydrogen-bond acceptors (Lipinski definition) is 4. The molecule has 0 spiro atoms. The molecule has 0 amide bonds. The summed E-state index contributed by atoms with van der Waals surface area (Å²) < 4.78 is 6.75. The molecule has 0 saturated carbocycles. The molecule has 0 aliphatic rings. The number of carboxylic acids is 1. The van der Waals surface area contributed by atoms with E-state index in [9.17, 15) is 4.79 Å². The molecule has 6 heteroatoms. The van der Waals surface area contributed by atoms with Crippen LogP contribution in [-0.2, 0) is 7.05 Å². The number of aromatic hydroxyl groups is 1. The molecular formula is C11H10N2O4. The second-order valence-electron chi connectivity index (χ2n) is 3.39. The molecule has 17 heavy (non-hydrogen) atoms. The quantitative estimate of drug-likeness (QED) is 0.842. The van der Waals surface area contributed by atoms with Crippen molar-refractivity contribution in [2.24, 2.45) is 7.05 Å². The Morgan fingerprint density at radius 1 is 1.35 bits per heavy atom. The van der Waals surface area contributed by atoms with E-state index in [0.717, 1.165) is 0 Å². The molecule has 0 unspecified atom stereocenters. The molecule has 0 bridgehead atoms. The van der Waals surface area contributed by atoms with Gasteiger partial charge in [-0.05, 0) is 24.3 Å². The third-order valence-electron chi connectivity index (χ3n) is 2.12. The minimum absolute atomic E-state index is 0.0821. The maximum absolute atomic E-state index is 10.7. The number of aryl methyl sites for hydroxylation is 1. The van der Waals surface area contributed by atoms with Crippen LogP contribution >= 0.6 is 0 Å². The molecule has 0 fully saturated rings. The van der Waals surface area contributed by atoms with Crippen LogP contribution in [0.25, 0.3) is 0 Å². The third kappa shape index (κ3) is 2.36. The summed E-state index contributed by atoms with van der Waals surface area (Å²) in [6.45, 7) is 0. The highest BCUT2D eigenvalue weighted by atomic mass is 16.5. The van der Waals surface area contributed by atoms with Crippen molar-refractivity contribution in [2.45, 2.75) is 0 Å². The zero-order chi connectivity index (χ0) is 12.4. The number of phenols is 1. The molecule has 0 saturated heterocycles. The molecule has 0 radical (unpaired) electrons. The summed E-state index contributed by atoms with van der Waals surface area (Å²) >= 11 is 0. The highest BCUT2D eigenvalue weighted by molar-refractivity contribution is 5.85. The fourth-order valence-electron chi connectivity index (χ4n) is 1.29. The van der Waals surface area contributed by atoms with Crippen molar-refractivity contribution < 1.29 is 19.7 Å². The number of phenolic OH excluding ortho intramolecular Hbond substituents is 1. The average Bonchev–Trinajstić information content (AvgIpc) is 2.64. The van der Waals surface area contributed by atoms with Gasteiger partial charge in [0.15, 0.2) is 5.69 Å². The molecule has 88 valence electrons. The number of nitrogens with zero attached hydrogens (tertiary/aromatic N) is 2. The molecular weight excluding hydrogens is 224 g/mol. The largest absolute Gasteiger partial charge is 0.508 e. The van der Waals surface area contributed by atoms with Crippen LogP contribution in [0.1, 0.15) is 10.5 Å². The SMILES string of the molecule is Cn1nc(C(=O)O)cc1Oc1ccc(O)cc1. The summed E-state index contributed by atoms with van der Waals surface area (Å²) in [5, 5.41) is 21.6. The minimum Gasteiger partial charge on any atom is -0.508 e. The van der Waals surface area contributed by atoms with E-state index in [1.165, 1.54) is 22.9 Å². The number of benzene rings is 1. The lowest BCUT2D eigenvalue weighted by atomic mass is 10.3. The van der Waals surface area contributed by atoms with Gasteiger partial charge in [-0.25, -0.2) is 9.48 Å². The van der Waals surface area contributed by atoms with E-state index in [0.29, 0.717) is 11.6 Å². The lowest BCUT2D eigenvalue weighted by molar-refractivity contribution is 0.0689. The van der Waals surface area contributed by atoms with Crippen LogP contribution in [0.4, 0.5) is 0 Å². The Kier molecular flexibility index (Phi) is 2.70. The molecule has 1 aromatic heterocycles. The molecule has 0 aliphatic heterocycles. The second-order valence-corrected chi connectivity index (χ2v) is 3.39. The fourth-order valence-corrected chi connectivity index (χ4v) is 1.29. The van der Waals surface area contributed by atoms with Crippen molar-refractivity contribution in [3.63, 3.8) is 0 Å². The van der Waals surface area contributed by atoms with Gasteiger partial charge in [-0.2, -0.15) is 5.10 Å². The van der Waals surface area contributed by atoms with Crippen molar-refractivity contribution in [2.75, 3.05) is 0 Å². The van der Waals surface area contributed by atoms with Crippen LogP contribution in [-0.4, -0.2) is 26.0 Å². The Hall–Kier alpha value is -2.50. The molecule has 1 heterocycles. The van der Waals surface area contributed by atoms with E-state index in [4.69, 9.17) is 14.9 Å². The van der Waals surface area contributed by atoms with Gasteiger partial charge in [0.2, 0.25) is 5.88 Å². The maximum Gasteiger partial charge on any atom is 0.356 e. The van der Waals surface area contributed by atoms with Gasteiger partial charge < -0.3 is 14.9 Å². The van der Waals surface area contributed by atoms with Crippen LogP contribution in [0.15, 0.2) is 30.3 Å². The second kappa shape index (κ2) is 4.17. The van der Waals surface area contributed by atoms with Gasteiger partial charge in [0.05, 0.1) is 0 Å². The van der Waals surface area contributed by atoms with Gasteiger partial charge in [-0.3, -0.25) is 0 Å². The third-order valence-corrected chi connectivity index (χ3v) is 2.12. The van der Waals surface area contributed by atoms with Crippen molar-refractivity contribution >= 4 is 5.97 Å². The Morgan fingerprint density at radius 2 is 2.00 bits per heavy atom. The predicted octanol–water partition coefficient (Wildman–Crippen LogP) is 1.62. The van der Waals surface area contributed by atoms with Gasteiger partial charge >= 0.3 is 5.97 Å². The van der Waals surface area contributed by atoms with E-state index >= 15 is 0 Å². The first-order valence-electron chi connectivity index (χ1n) is 4.80. The Balaban J connectivity index is 2.24. The lowest BCUT2D eigenvalue weighted by Crippen LogP contribution is -1.99. The maximum atomic E-state index is 10.7. The smallest absolute Gasteiger partial charge is 0.356 e. The highest BCUT2D eigenvalue weighted by Crippen LogP contribution is 2.23. The van der Waals surface area contributed by atoms with Gasteiger partial charge in [0.1, 0.15) is 11.5 Å². The van der Waals surface area contributed by atoms with Gasteiger partial charge in [0, 0.05) is 13.1 Å². The van der Waals surface area contributed by atoms with Crippen molar-refractivity contribution in [1.29, 1.82) is 0 Å². The van der Waals surface area contributed by atoms with Crippen LogP contribution in [0.2, 0.25) is 0 Å². The summed E-state index contributed by atoms with van der Waals surface area (Å²) in [6.07, 6.45) is 0. The first kappa shape index (κ1) is 11.0. The predicted molar refractivity (Wildman–Crippen MR) is 58.3 cm³/mol. The number of ether oxygens (including phenoxy) is 1. The summed E-state index contributed by atoms with van der Waals surface area (Å²) in [5.74, 6) is -0.175. The number of carboxylic acid groups (broad SMARTS) is 1. The van der Waals surface area contributed by atoms with E-state index in [-0.39, 0.29) is 11.4 Å². The van der Waals surface area contributed by atoms with Crippen LogP contribution in [0.5, 0.6) is 17.4 Å². The van der Waals surface area contributed by atoms with Gasteiger partial charge in [-0.1, -0.05) is 0 Å². The fraction of sp³-hybridized carbons (Fsp3) is 0.0909. The number of hydrogen-bond donors (Lipinski definition) is 2. The Bertz CT molecular complexity index is 545. The first-order chi connectivity index (χ1) is 8.06. The number of carbonyl (C=O) groups is 1. The summed E-state index contributed by atoms with van der Waals surface area (Å²) in [6, 6.07) is 7.42. The summed E-state index contributed by atoms with van der Waals surface area (Å²) in [7, 11) is 1.59. The standard InChI is InChI=1S/C11H10N2O4/c1-13-10(6-9(12-13)11(15)16)17-8-4-2-7(14)3-5-8/h2-6,14H,1H3,(H,15,16). The minimum atomic E-state index is -1.11. The van der Waals surface area contributed by atoms with E-state index < -0.39 is 5.97 Å². The zero-order valence-electron chi connectivity index (χ0n) is 8.99. The monoisotopic (exact) mass is 234 g/mol. The van der Waals surface area contributed by atoms with Crippen LogP contribution in [0, 0.1) is 0 Å². The Labute approximate surface area is 96.7 Å². The van der Waals surface area contributed by atoms with Crippen molar-refractivity contribution in [1.82, 2.24) is 9.78 Å². The zero-order valence-corrected chi connectivity index (χ0v) is 8.99. The molecule has 0 atom stereocenters. The molecule has 1 aromatic carbocycles. The van der Waals surface area contributed by atoms with Crippen molar-refractivity contribution in [3.05, 3.63) is 36.0 Å². The van der Waals surface area contributed by atoms with E-state index in [1.807, 2.05) is 0 Å². The lowest BCUT2D eigenvalue weighted by Gasteiger charge is -2.04. The molecule has 0 aliphatic carbocycles.